The van der Waals surface area contributed by atoms with Gasteiger partial charge in [-0.25, -0.2) is 0 Å². The Bertz CT molecular complexity index is 90.2. The molecule has 3 nitrogen and oxygen atoms in total. The number of alkyl halides is 1. The first-order chi connectivity index (χ1) is 4.20. The number of hydrogen-bond donors (Lipinski definition) is 2. The number of aliphatic carboxylic acids is 1. The summed E-state index contributed by atoms with van der Waals surface area (Å²) < 4.78 is 0. The van der Waals surface area contributed by atoms with Crippen molar-refractivity contribution in [2.75, 3.05) is 12.5 Å². The summed E-state index contributed by atoms with van der Waals surface area (Å²) in [6, 6.07) is 0. The number of hydrogen-bond acceptors (Lipinski definition) is 2. The molecule has 9 heavy (non-hydrogen) atoms. The second-order valence-corrected chi connectivity index (χ2v) is 2.11. The first-order valence-electron chi connectivity index (χ1n) is 2.59. The Morgan fingerprint density at radius 3 is 2.33 bits per heavy atom. The van der Waals surface area contributed by atoms with Crippen molar-refractivity contribution in [3.63, 3.8) is 0 Å². The summed E-state index contributed by atoms with van der Waals surface area (Å²) in [5, 5.41) is 16.6. The lowest BCUT2D eigenvalue weighted by Crippen LogP contribution is -2.12. The number of carbonyl (C=O) groups is 1. The average Bonchev–Trinajstić information content (AvgIpc) is 1.82. The zero-order valence-electron chi connectivity index (χ0n) is 4.88. The molecule has 0 rings (SSSR count). The molecule has 0 bridgehead atoms. The van der Waals surface area contributed by atoms with E-state index < -0.39 is 5.97 Å². The van der Waals surface area contributed by atoms with Gasteiger partial charge in [-0.05, 0) is 0 Å². The summed E-state index contributed by atoms with van der Waals surface area (Å²) in [6.45, 7) is -0.157. The number of rotatable bonds is 4. The highest BCUT2D eigenvalue weighted by Crippen LogP contribution is 2.03. The van der Waals surface area contributed by atoms with Crippen LogP contribution in [-0.4, -0.2) is 28.7 Å². The van der Waals surface area contributed by atoms with Gasteiger partial charge in [0.15, 0.2) is 0 Å². The Hall–Kier alpha value is -0.280. The third-order valence-electron chi connectivity index (χ3n) is 0.940. The van der Waals surface area contributed by atoms with Crippen molar-refractivity contribution in [2.45, 2.75) is 6.42 Å². The first-order valence-corrected chi connectivity index (χ1v) is 3.12. The molecule has 0 aliphatic carbocycles. The topological polar surface area (TPSA) is 57.5 Å². The Kier molecular flexibility index (Phi) is 4.44. The lowest BCUT2D eigenvalue weighted by Gasteiger charge is -2.04. The molecule has 0 radical (unpaired) electrons. The second-order valence-electron chi connectivity index (χ2n) is 1.80. The van der Waals surface area contributed by atoms with E-state index in [4.69, 9.17) is 21.8 Å². The minimum atomic E-state index is -0.922. The summed E-state index contributed by atoms with van der Waals surface area (Å²) in [5.74, 6) is -1.03. The molecule has 1 unspecified atom stereocenters. The third-order valence-corrected chi connectivity index (χ3v) is 1.38. The Labute approximate surface area is 58.3 Å². The van der Waals surface area contributed by atoms with Gasteiger partial charge >= 0.3 is 5.97 Å². The molecule has 0 aromatic rings. The van der Waals surface area contributed by atoms with Crippen molar-refractivity contribution >= 4 is 17.6 Å². The highest BCUT2D eigenvalue weighted by atomic mass is 35.5. The van der Waals surface area contributed by atoms with Crippen LogP contribution in [0.5, 0.6) is 0 Å². The van der Waals surface area contributed by atoms with Gasteiger partial charge in [0.05, 0.1) is 6.42 Å². The molecular formula is C5H9ClO3. The van der Waals surface area contributed by atoms with Gasteiger partial charge in [-0.2, -0.15) is 0 Å². The maximum absolute atomic E-state index is 9.96. The summed E-state index contributed by atoms with van der Waals surface area (Å²) in [6.07, 6.45) is -0.0556. The SMILES string of the molecule is O=C(O)CC(CO)CCl. The summed E-state index contributed by atoms with van der Waals surface area (Å²) >= 11 is 5.29. The fourth-order valence-corrected chi connectivity index (χ4v) is 0.622. The van der Waals surface area contributed by atoms with Crippen LogP contribution in [0.2, 0.25) is 0 Å². The van der Waals surface area contributed by atoms with Gasteiger partial charge in [-0.15, -0.1) is 11.6 Å². The molecule has 0 saturated heterocycles. The number of carboxylic acids is 1. The number of aliphatic hydroxyl groups excluding tert-OH is 1. The molecule has 0 amide bonds. The molecule has 0 spiro atoms. The van der Waals surface area contributed by atoms with Crippen molar-refractivity contribution < 1.29 is 15.0 Å². The molecule has 0 saturated carbocycles. The van der Waals surface area contributed by atoms with E-state index >= 15 is 0 Å². The van der Waals surface area contributed by atoms with Gasteiger partial charge in [0, 0.05) is 18.4 Å². The van der Waals surface area contributed by atoms with Crippen molar-refractivity contribution in [1.82, 2.24) is 0 Å². The lowest BCUT2D eigenvalue weighted by molar-refractivity contribution is -0.138. The van der Waals surface area contributed by atoms with E-state index in [1.54, 1.807) is 0 Å². The van der Waals surface area contributed by atoms with Crippen LogP contribution in [0.25, 0.3) is 0 Å². The van der Waals surface area contributed by atoms with Crippen molar-refractivity contribution in [2.24, 2.45) is 5.92 Å². The molecule has 2 N–H and O–H groups in total. The highest BCUT2D eigenvalue weighted by molar-refractivity contribution is 6.18. The predicted octanol–water partition coefficient (Wildman–Crippen LogP) is 0.308. The summed E-state index contributed by atoms with van der Waals surface area (Å²) in [5.41, 5.74) is 0. The standard InChI is InChI=1S/C5H9ClO3/c6-2-4(3-7)1-5(8)9/h4,7H,1-3H2,(H,8,9). The molecule has 0 aliphatic rings. The number of aliphatic hydroxyl groups is 1. The van der Waals surface area contributed by atoms with Gasteiger partial charge in [-0.1, -0.05) is 0 Å². The Morgan fingerprint density at radius 1 is 1.67 bits per heavy atom. The maximum Gasteiger partial charge on any atom is 0.303 e. The van der Waals surface area contributed by atoms with E-state index in [2.05, 4.69) is 0 Å². The van der Waals surface area contributed by atoms with Gasteiger partial charge in [0.2, 0.25) is 0 Å². The van der Waals surface area contributed by atoms with E-state index in [1.807, 2.05) is 0 Å². The van der Waals surface area contributed by atoms with Gasteiger partial charge in [0.1, 0.15) is 0 Å². The second kappa shape index (κ2) is 4.58. The zero-order chi connectivity index (χ0) is 7.28. The molecule has 0 heterocycles. The Morgan fingerprint density at radius 2 is 2.22 bits per heavy atom. The fourth-order valence-electron chi connectivity index (χ4n) is 0.415. The normalized spacial score (nSPS) is 13.1. The fraction of sp³-hybridized carbons (Fsp3) is 0.800. The van der Waals surface area contributed by atoms with Crippen LogP contribution in [0.1, 0.15) is 6.42 Å². The van der Waals surface area contributed by atoms with Crippen LogP contribution in [0.15, 0.2) is 0 Å². The van der Waals surface area contributed by atoms with Crippen molar-refractivity contribution in [3.8, 4) is 0 Å². The van der Waals surface area contributed by atoms with Crippen LogP contribution in [-0.2, 0) is 4.79 Å². The van der Waals surface area contributed by atoms with Gasteiger partial charge in [0.25, 0.3) is 0 Å². The molecule has 0 aromatic heterocycles. The largest absolute Gasteiger partial charge is 0.481 e. The Balaban J connectivity index is 3.43. The van der Waals surface area contributed by atoms with E-state index in [9.17, 15) is 4.79 Å². The van der Waals surface area contributed by atoms with Gasteiger partial charge in [-0.3, -0.25) is 4.79 Å². The predicted molar refractivity (Wildman–Crippen MR) is 33.5 cm³/mol. The molecular weight excluding hydrogens is 144 g/mol. The van der Waals surface area contributed by atoms with Crippen molar-refractivity contribution in [3.05, 3.63) is 0 Å². The lowest BCUT2D eigenvalue weighted by atomic mass is 10.1. The summed E-state index contributed by atoms with van der Waals surface area (Å²) in [4.78, 5) is 9.96. The van der Waals surface area contributed by atoms with Crippen LogP contribution in [0, 0.1) is 5.92 Å². The summed E-state index contributed by atoms with van der Waals surface area (Å²) in [7, 11) is 0. The quantitative estimate of drug-likeness (QED) is 0.570. The smallest absolute Gasteiger partial charge is 0.303 e. The minimum absolute atomic E-state index is 0.0556. The first kappa shape index (κ1) is 8.72. The number of halogens is 1. The maximum atomic E-state index is 9.96. The average molecular weight is 153 g/mol. The van der Waals surface area contributed by atoms with Crippen LogP contribution >= 0.6 is 11.6 Å². The molecule has 0 aliphatic heterocycles. The van der Waals surface area contributed by atoms with Gasteiger partial charge < -0.3 is 10.2 Å². The van der Waals surface area contributed by atoms with Crippen molar-refractivity contribution in [1.29, 1.82) is 0 Å². The van der Waals surface area contributed by atoms with E-state index in [0.717, 1.165) is 0 Å². The molecule has 4 heteroatoms. The zero-order valence-corrected chi connectivity index (χ0v) is 5.64. The van der Waals surface area contributed by atoms with E-state index in [1.165, 1.54) is 0 Å². The minimum Gasteiger partial charge on any atom is -0.481 e. The highest BCUT2D eigenvalue weighted by Gasteiger charge is 2.09. The van der Waals surface area contributed by atoms with E-state index in [0.29, 0.717) is 0 Å². The molecule has 0 aromatic carbocycles. The van der Waals surface area contributed by atoms with Crippen LogP contribution in [0.4, 0.5) is 0 Å². The van der Waals surface area contributed by atoms with Crippen LogP contribution in [0.3, 0.4) is 0 Å². The number of carboxylic acid groups (broad SMARTS) is 1. The van der Waals surface area contributed by atoms with Crippen LogP contribution < -0.4 is 0 Å². The monoisotopic (exact) mass is 152 g/mol. The molecule has 1 atom stereocenters. The molecule has 0 fully saturated rings. The third kappa shape index (κ3) is 4.24. The molecule has 54 valence electrons. The van der Waals surface area contributed by atoms with E-state index in [-0.39, 0.29) is 24.8 Å².